The molecule has 1 aromatic carbocycles. The first-order valence-electron chi connectivity index (χ1n) is 7.19. The van der Waals surface area contributed by atoms with Crippen LogP contribution in [0.25, 0.3) is 0 Å². The van der Waals surface area contributed by atoms with E-state index in [1.807, 2.05) is 12.1 Å². The summed E-state index contributed by atoms with van der Waals surface area (Å²) in [5.74, 6) is 0.827. The van der Waals surface area contributed by atoms with E-state index in [0.717, 1.165) is 23.7 Å². The van der Waals surface area contributed by atoms with E-state index in [0.29, 0.717) is 6.04 Å². The number of methoxy groups -OCH3 is 1. The lowest BCUT2D eigenvalue weighted by molar-refractivity contribution is 0.414. The molecule has 0 radical (unpaired) electrons. The van der Waals surface area contributed by atoms with Gasteiger partial charge in [0, 0.05) is 11.1 Å². The summed E-state index contributed by atoms with van der Waals surface area (Å²) in [5.41, 5.74) is 1.22. The van der Waals surface area contributed by atoms with Crippen molar-refractivity contribution in [1.82, 2.24) is 5.32 Å². The molecule has 0 heterocycles. The second-order valence-electron chi connectivity index (χ2n) is 5.23. The largest absolute Gasteiger partial charge is 0.497 e. The lowest BCUT2D eigenvalue weighted by Crippen LogP contribution is -2.23. The van der Waals surface area contributed by atoms with Crippen LogP contribution in [0.5, 0.6) is 5.75 Å². The van der Waals surface area contributed by atoms with Gasteiger partial charge in [0.15, 0.2) is 0 Å². The van der Waals surface area contributed by atoms with Crippen LogP contribution in [-0.4, -0.2) is 19.7 Å². The number of ether oxygens (including phenoxy) is 1. The number of nitrogens with one attached hydrogen (secondary N) is 1. The minimum absolute atomic E-state index is 0.595. The van der Waals surface area contributed by atoms with Crippen molar-refractivity contribution in [1.29, 1.82) is 0 Å². The van der Waals surface area contributed by atoms with Crippen LogP contribution in [0.1, 0.15) is 45.1 Å². The lowest BCUT2D eigenvalue weighted by Gasteiger charge is -2.08. The number of halogens is 1. The van der Waals surface area contributed by atoms with E-state index < -0.39 is 0 Å². The number of aryl methyl sites for hydroxylation is 1. The molecule has 0 atom stereocenters. The first kappa shape index (κ1) is 16.3. The van der Waals surface area contributed by atoms with Gasteiger partial charge in [0.1, 0.15) is 5.75 Å². The van der Waals surface area contributed by atoms with Crippen molar-refractivity contribution < 1.29 is 4.74 Å². The van der Waals surface area contributed by atoms with Crippen LogP contribution in [0, 0.1) is 0 Å². The van der Waals surface area contributed by atoms with E-state index in [1.165, 1.54) is 31.2 Å². The maximum atomic E-state index is 6.22. The van der Waals surface area contributed by atoms with E-state index >= 15 is 0 Å². The lowest BCUT2D eigenvalue weighted by atomic mass is 10.1. The molecule has 108 valence electrons. The minimum atomic E-state index is 0.595. The normalized spacial score (nSPS) is 11.0. The molecule has 1 N–H and O–H groups in total. The van der Waals surface area contributed by atoms with E-state index in [-0.39, 0.29) is 0 Å². The van der Waals surface area contributed by atoms with E-state index in [2.05, 4.69) is 25.2 Å². The topological polar surface area (TPSA) is 21.3 Å². The molecule has 19 heavy (non-hydrogen) atoms. The summed E-state index contributed by atoms with van der Waals surface area (Å²) in [4.78, 5) is 0. The van der Waals surface area contributed by atoms with Crippen molar-refractivity contribution in [2.75, 3.05) is 13.7 Å². The number of rotatable bonds is 9. The van der Waals surface area contributed by atoms with E-state index in [4.69, 9.17) is 16.3 Å². The summed E-state index contributed by atoms with van der Waals surface area (Å²) in [7, 11) is 1.66. The number of unbranched alkanes of at least 4 members (excludes halogenated alkanes) is 3. The summed E-state index contributed by atoms with van der Waals surface area (Å²) in [6, 6.07) is 6.54. The third-order valence-electron chi connectivity index (χ3n) is 3.19. The second-order valence-corrected chi connectivity index (χ2v) is 5.64. The van der Waals surface area contributed by atoms with Gasteiger partial charge in [-0.05, 0) is 43.5 Å². The molecular formula is C16H26ClNO. The number of hydrogen-bond acceptors (Lipinski definition) is 2. The van der Waals surface area contributed by atoms with Crippen LogP contribution in [-0.2, 0) is 6.42 Å². The fraction of sp³-hybridized carbons (Fsp3) is 0.625. The summed E-state index contributed by atoms with van der Waals surface area (Å²) >= 11 is 6.22. The summed E-state index contributed by atoms with van der Waals surface area (Å²) in [5, 5.41) is 4.26. The molecule has 0 aliphatic heterocycles. The smallest absolute Gasteiger partial charge is 0.120 e. The van der Waals surface area contributed by atoms with Gasteiger partial charge in [-0.1, -0.05) is 44.4 Å². The average molecular weight is 284 g/mol. The molecule has 0 unspecified atom stereocenters. The molecule has 0 aromatic heterocycles. The van der Waals surface area contributed by atoms with Crippen LogP contribution in [0.3, 0.4) is 0 Å². The van der Waals surface area contributed by atoms with Crippen LogP contribution >= 0.6 is 11.6 Å². The highest BCUT2D eigenvalue weighted by Gasteiger charge is 2.02. The third kappa shape index (κ3) is 6.84. The van der Waals surface area contributed by atoms with E-state index in [9.17, 15) is 0 Å². The molecule has 1 aromatic rings. The fourth-order valence-electron chi connectivity index (χ4n) is 2.04. The van der Waals surface area contributed by atoms with Gasteiger partial charge in [-0.2, -0.15) is 0 Å². The average Bonchev–Trinajstić information content (AvgIpc) is 2.38. The summed E-state index contributed by atoms with van der Waals surface area (Å²) in [6.07, 6.45) is 6.07. The molecular weight excluding hydrogens is 258 g/mol. The van der Waals surface area contributed by atoms with Gasteiger partial charge in [0.2, 0.25) is 0 Å². The minimum Gasteiger partial charge on any atom is -0.497 e. The summed E-state index contributed by atoms with van der Waals surface area (Å²) in [6.45, 7) is 5.50. The standard InChI is InChI=1S/C16H26ClNO/c1-13(2)18-11-7-5-4-6-8-14-9-10-15(19-3)12-16(14)17/h9-10,12-13,18H,4-8,11H2,1-3H3. The van der Waals surface area contributed by atoms with Crippen molar-refractivity contribution in [3.8, 4) is 5.75 Å². The molecule has 0 fully saturated rings. The second kappa shape index (κ2) is 9.22. The third-order valence-corrected chi connectivity index (χ3v) is 3.54. The van der Waals surface area contributed by atoms with Crippen molar-refractivity contribution in [3.63, 3.8) is 0 Å². The highest BCUT2D eigenvalue weighted by Crippen LogP contribution is 2.23. The Morgan fingerprint density at radius 2 is 1.89 bits per heavy atom. The quantitative estimate of drug-likeness (QED) is 0.676. The zero-order valence-electron chi connectivity index (χ0n) is 12.3. The van der Waals surface area contributed by atoms with Crippen molar-refractivity contribution in [2.45, 2.75) is 52.0 Å². The zero-order chi connectivity index (χ0) is 14.1. The number of benzene rings is 1. The van der Waals surface area contributed by atoms with Gasteiger partial charge in [-0.25, -0.2) is 0 Å². The molecule has 0 saturated heterocycles. The van der Waals surface area contributed by atoms with E-state index in [1.54, 1.807) is 7.11 Å². The molecule has 0 amide bonds. The van der Waals surface area contributed by atoms with Gasteiger partial charge in [-0.15, -0.1) is 0 Å². The van der Waals surface area contributed by atoms with Gasteiger partial charge >= 0.3 is 0 Å². The SMILES string of the molecule is COc1ccc(CCCCCCNC(C)C)c(Cl)c1. The van der Waals surface area contributed by atoms with Crippen LogP contribution in [0.4, 0.5) is 0 Å². The highest BCUT2D eigenvalue weighted by atomic mass is 35.5. The molecule has 0 bridgehead atoms. The Hall–Kier alpha value is -0.730. The monoisotopic (exact) mass is 283 g/mol. The molecule has 2 nitrogen and oxygen atoms in total. The maximum Gasteiger partial charge on any atom is 0.120 e. The molecule has 0 aliphatic rings. The first-order chi connectivity index (χ1) is 9.13. The predicted molar refractivity (Wildman–Crippen MR) is 83.3 cm³/mol. The van der Waals surface area contributed by atoms with Gasteiger partial charge in [0.25, 0.3) is 0 Å². The molecule has 3 heteroatoms. The van der Waals surface area contributed by atoms with Crippen LogP contribution < -0.4 is 10.1 Å². The Balaban J connectivity index is 2.15. The Bertz CT molecular complexity index is 366. The number of hydrogen-bond donors (Lipinski definition) is 1. The predicted octanol–water partition coefficient (Wildman–Crippen LogP) is 4.45. The van der Waals surface area contributed by atoms with Crippen LogP contribution in [0.2, 0.25) is 5.02 Å². The van der Waals surface area contributed by atoms with Crippen molar-refractivity contribution in [3.05, 3.63) is 28.8 Å². The molecule has 1 rings (SSSR count). The summed E-state index contributed by atoms with van der Waals surface area (Å²) < 4.78 is 5.15. The zero-order valence-corrected chi connectivity index (χ0v) is 13.1. The van der Waals surface area contributed by atoms with Gasteiger partial charge in [-0.3, -0.25) is 0 Å². The fourth-order valence-corrected chi connectivity index (χ4v) is 2.31. The highest BCUT2D eigenvalue weighted by molar-refractivity contribution is 6.31. The maximum absolute atomic E-state index is 6.22. The Labute approximate surface area is 122 Å². The molecule has 0 spiro atoms. The molecule has 0 aliphatic carbocycles. The Morgan fingerprint density at radius 3 is 2.53 bits per heavy atom. The van der Waals surface area contributed by atoms with Gasteiger partial charge < -0.3 is 10.1 Å². The Morgan fingerprint density at radius 1 is 1.16 bits per heavy atom. The van der Waals surface area contributed by atoms with Crippen LogP contribution in [0.15, 0.2) is 18.2 Å². The Kier molecular flexibility index (Phi) is 7.92. The van der Waals surface area contributed by atoms with Crippen molar-refractivity contribution in [2.24, 2.45) is 0 Å². The molecule has 0 saturated carbocycles. The first-order valence-corrected chi connectivity index (χ1v) is 7.57. The van der Waals surface area contributed by atoms with Gasteiger partial charge in [0.05, 0.1) is 7.11 Å². The van der Waals surface area contributed by atoms with Crippen molar-refractivity contribution >= 4 is 11.6 Å².